The van der Waals surface area contributed by atoms with Crippen LogP contribution in [0.2, 0.25) is 0 Å². The predicted octanol–water partition coefficient (Wildman–Crippen LogP) is 1.33. The molecule has 0 saturated heterocycles. The molecule has 0 amide bonds. The highest BCUT2D eigenvalue weighted by molar-refractivity contribution is 5.77. The minimum Gasteiger partial charge on any atom is -0.295 e. The summed E-state index contributed by atoms with van der Waals surface area (Å²) in [6.07, 6.45) is 0. The second kappa shape index (κ2) is 4.42. The van der Waals surface area contributed by atoms with Crippen LogP contribution in [0.5, 0.6) is 0 Å². The van der Waals surface area contributed by atoms with E-state index in [4.69, 9.17) is 0 Å². The Kier molecular flexibility index (Phi) is 4.20. The van der Waals surface area contributed by atoms with Gasteiger partial charge in [0.25, 0.3) is 0 Å². The second-order valence-corrected chi connectivity index (χ2v) is 3.56. The van der Waals surface area contributed by atoms with Crippen molar-refractivity contribution in [2.45, 2.75) is 33.3 Å². The maximum absolute atomic E-state index is 10.9. The summed E-state index contributed by atoms with van der Waals surface area (Å²) in [5, 5.41) is 10.9. The van der Waals surface area contributed by atoms with Crippen molar-refractivity contribution in [2.75, 3.05) is 6.61 Å². The Morgan fingerprint density at radius 2 is 1.92 bits per heavy atom. The predicted molar refractivity (Wildman–Crippen MR) is 41.6 cm³/mol. The maximum atomic E-state index is 10.9. The minimum absolute atomic E-state index is 0.271. The third-order valence-electron chi connectivity index (χ3n) is 1.03. The summed E-state index contributed by atoms with van der Waals surface area (Å²) < 4.78 is 0. The number of carbonyl (C=O) groups is 1. The van der Waals surface area contributed by atoms with Gasteiger partial charge in [-0.15, -0.1) is 0 Å². The van der Waals surface area contributed by atoms with Gasteiger partial charge in [0.05, 0.1) is 6.61 Å². The molecule has 4 nitrogen and oxygen atoms in total. The average Bonchev–Trinajstić information content (AvgIpc) is 1.84. The van der Waals surface area contributed by atoms with Gasteiger partial charge in [0.1, 0.15) is 0 Å². The molecule has 0 heterocycles. The zero-order valence-electron chi connectivity index (χ0n) is 7.92. The van der Waals surface area contributed by atoms with Gasteiger partial charge < -0.3 is 0 Å². The SMILES string of the molecule is CC(C)COOC(=O)C(C)(C)[O]. The number of hydrogen-bond acceptors (Lipinski definition) is 3. The molecule has 0 aliphatic carbocycles. The Hall–Kier alpha value is -0.610. The highest BCUT2D eigenvalue weighted by Gasteiger charge is 2.29. The van der Waals surface area contributed by atoms with E-state index < -0.39 is 11.6 Å². The first-order chi connectivity index (χ1) is 5.34. The summed E-state index contributed by atoms with van der Waals surface area (Å²) in [5.74, 6) is -0.615. The van der Waals surface area contributed by atoms with E-state index in [0.717, 1.165) is 0 Å². The fourth-order valence-electron chi connectivity index (χ4n) is 0.324. The van der Waals surface area contributed by atoms with Crippen molar-refractivity contribution >= 4 is 5.97 Å². The smallest absolute Gasteiger partial charge is 0.295 e. The van der Waals surface area contributed by atoms with Gasteiger partial charge >= 0.3 is 5.97 Å². The molecule has 0 N–H and O–H groups in total. The van der Waals surface area contributed by atoms with Gasteiger partial charge in [-0.1, -0.05) is 13.8 Å². The van der Waals surface area contributed by atoms with Crippen molar-refractivity contribution in [1.29, 1.82) is 0 Å². The molecular formula is C8H15O4. The minimum atomic E-state index is -1.74. The van der Waals surface area contributed by atoms with Crippen LogP contribution in [0.3, 0.4) is 0 Å². The molecule has 0 saturated carbocycles. The Labute approximate surface area is 72.4 Å². The molecule has 0 unspecified atom stereocenters. The number of carbonyl (C=O) groups excluding carboxylic acids is 1. The molecular weight excluding hydrogens is 160 g/mol. The van der Waals surface area contributed by atoms with Gasteiger partial charge in [-0.3, -0.25) is 4.89 Å². The quantitative estimate of drug-likeness (QED) is 0.478. The second-order valence-electron chi connectivity index (χ2n) is 3.56. The van der Waals surface area contributed by atoms with Crippen molar-refractivity contribution in [1.82, 2.24) is 0 Å². The van der Waals surface area contributed by atoms with Crippen LogP contribution in [-0.2, 0) is 19.7 Å². The molecule has 0 bridgehead atoms. The molecule has 71 valence electrons. The maximum Gasteiger partial charge on any atom is 0.376 e. The summed E-state index contributed by atoms with van der Waals surface area (Å²) in [7, 11) is 0. The van der Waals surface area contributed by atoms with Crippen LogP contribution in [0.25, 0.3) is 0 Å². The Balaban J connectivity index is 3.59. The van der Waals surface area contributed by atoms with Crippen LogP contribution < -0.4 is 0 Å². The molecule has 0 spiro atoms. The lowest BCUT2D eigenvalue weighted by Gasteiger charge is -2.12. The van der Waals surface area contributed by atoms with Crippen LogP contribution >= 0.6 is 0 Å². The Morgan fingerprint density at radius 3 is 2.25 bits per heavy atom. The van der Waals surface area contributed by atoms with E-state index in [0.29, 0.717) is 6.61 Å². The van der Waals surface area contributed by atoms with Crippen molar-refractivity contribution in [3.63, 3.8) is 0 Å². The topological polar surface area (TPSA) is 55.4 Å². The van der Waals surface area contributed by atoms with Crippen LogP contribution in [0.15, 0.2) is 0 Å². The molecule has 0 aromatic rings. The Bertz CT molecular complexity index is 146. The van der Waals surface area contributed by atoms with E-state index in [2.05, 4.69) is 9.78 Å². The van der Waals surface area contributed by atoms with E-state index in [1.54, 1.807) is 0 Å². The number of hydrogen-bond donors (Lipinski definition) is 0. The highest BCUT2D eigenvalue weighted by Crippen LogP contribution is 2.05. The molecule has 0 aliphatic heterocycles. The van der Waals surface area contributed by atoms with Gasteiger partial charge in [-0.05, 0) is 19.8 Å². The molecule has 0 rings (SSSR count). The zero-order valence-corrected chi connectivity index (χ0v) is 7.92. The van der Waals surface area contributed by atoms with Gasteiger partial charge in [-0.25, -0.2) is 9.90 Å². The molecule has 0 aliphatic rings. The standard InChI is InChI=1S/C8H15O4/c1-6(2)5-11-12-7(9)8(3,4)10/h6H,5H2,1-4H3. The highest BCUT2D eigenvalue weighted by atomic mass is 17.2. The lowest BCUT2D eigenvalue weighted by atomic mass is 10.1. The fourth-order valence-corrected chi connectivity index (χ4v) is 0.324. The van der Waals surface area contributed by atoms with Crippen molar-refractivity contribution < 1.29 is 19.7 Å². The van der Waals surface area contributed by atoms with E-state index in [1.165, 1.54) is 13.8 Å². The monoisotopic (exact) mass is 175 g/mol. The molecule has 0 aromatic heterocycles. The lowest BCUT2D eigenvalue weighted by molar-refractivity contribution is -0.290. The van der Waals surface area contributed by atoms with Crippen LogP contribution in [0, 0.1) is 5.92 Å². The summed E-state index contributed by atoms with van der Waals surface area (Å²) in [4.78, 5) is 19.6. The first-order valence-corrected chi connectivity index (χ1v) is 3.88. The van der Waals surface area contributed by atoms with E-state index in [9.17, 15) is 9.90 Å². The Morgan fingerprint density at radius 1 is 1.42 bits per heavy atom. The molecule has 4 heteroatoms. The van der Waals surface area contributed by atoms with Gasteiger partial charge in [0.2, 0.25) is 0 Å². The third kappa shape index (κ3) is 5.09. The van der Waals surface area contributed by atoms with Gasteiger partial charge in [0, 0.05) is 0 Å². The largest absolute Gasteiger partial charge is 0.376 e. The van der Waals surface area contributed by atoms with Gasteiger partial charge in [0.15, 0.2) is 5.60 Å². The summed E-state index contributed by atoms with van der Waals surface area (Å²) in [6.45, 7) is 6.59. The molecule has 0 aromatic carbocycles. The molecule has 0 atom stereocenters. The third-order valence-corrected chi connectivity index (χ3v) is 1.03. The average molecular weight is 175 g/mol. The van der Waals surface area contributed by atoms with E-state index in [-0.39, 0.29) is 5.92 Å². The normalized spacial score (nSPS) is 11.8. The first kappa shape index (κ1) is 11.4. The van der Waals surface area contributed by atoms with Crippen molar-refractivity contribution in [3.8, 4) is 0 Å². The van der Waals surface area contributed by atoms with Crippen molar-refractivity contribution in [3.05, 3.63) is 0 Å². The lowest BCUT2D eigenvalue weighted by Crippen LogP contribution is -2.32. The fraction of sp³-hybridized carbons (Fsp3) is 0.875. The molecule has 12 heavy (non-hydrogen) atoms. The summed E-state index contributed by atoms with van der Waals surface area (Å²) in [6, 6.07) is 0. The van der Waals surface area contributed by atoms with E-state index in [1.807, 2.05) is 13.8 Å². The number of rotatable bonds is 4. The summed E-state index contributed by atoms with van der Waals surface area (Å²) >= 11 is 0. The van der Waals surface area contributed by atoms with Crippen molar-refractivity contribution in [2.24, 2.45) is 5.92 Å². The first-order valence-electron chi connectivity index (χ1n) is 3.88. The molecule has 0 fully saturated rings. The summed E-state index contributed by atoms with van der Waals surface area (Å²) in [5.41, 5.74) is -1.74. The van der Waals surface area contributed by atoms with Crippen LogP contribution in [-0.4, -0.2) is 18.2 Å². The van der Waals surface area contributed by atoms with Gasteiger partial charge in [-0.2, -0.15) is 4.89 Å². The van der Waals surface area contributed by atoms with E-state index >= 15 is 0 Å². The zero-order chi connectivity index (χ0) is 9.78. The molecule has 1 radical (unpaired) electrons. The van der Waals surface area contributed by atoms with Crippen LogP contribution in [0.4, 0.5) is 0 Å². The van der Waals surface area contributed by atoms with Crippen LogP contribution in [0.1, 0.15) is 27.7 Å².